The summed E-state index contributed by atoms with van der Waals surface area (Å²) in [7, 11) is 0. The Hall–Kier alpha value is -3.73. The van der Waals surface area contributed by atoms with Crippen molar-refractivity contribution in [3.05, 3.63) is 95.7 Å². The number of benzene rings is 3. The van der Waals surface area contributed by atoms with Crippen LogP contribution in [0.25, 0.3) is 16.9 Å². The lowest BCUT2D eigenvalue weighted by Crippen LogP contribution is -2.13. The summed E-state index contributed by atoms with van der Waals surface area (Å²) in [6.07, 6.45) is 2.61. The number of carbonyl (C=O) groups excluding carboxylic acids is 1. The van der Waals surface area contributed by atoms with E-state index in [0.717, 1.165) is 34.6 Å². The fourth-order valence-electron chi connectivity index (χ4n) is 3.25. The van der Waals surface area contributed by atoms with Crippen LogP contribution in [-0.2, 0) is 6.42 Å². The van der Waals surface area contributed by atoms with Crippen LogP contribution in [0.1, 0.15) is 28.4 Å². The molecule has 1 amide bonds. The normalized spacial score (nSPS) is 10.7. The molecule has 0 radical (unpaired) electrons. The van der Waals surface area contributed by atoms with E-state index < -0.39 is 0 Å². The maximum absolute atomic E-state index is 12.7. The van der Waals surface area contributed by atoms with E-state index in [2.05, 4.69) is 53.7 Å². The molecular formula is C24H22N4O. The molecule has 144 valence electrons. The van der Waals surface area contributed by atoms with Gasteiger partial charge in [-0.25, -0.2) is 4.68 Å². The molecule has 1 heterocycles. The molecular weight excluding hydrogens is 360 g/mol. The van der Waals surface area contributed by atoms with Gasteiger partial charge in [-0.2, -0.15) is 0 Å². The molecule has 29 heavy (non-hydrogen) atoms. The third-order valence-corrected chi connectivity index (χ3v) is 4.92. The summed E-state index contributed by atoms with van der Waals surface area (Å²) in [6.45, 7) is 4.13. The van der Waals surface area contributed by atoms with Crippen molar-refractivity contribution in [1.82, 2.24) is 15.0 Å². The number of aromatic nitrogens is 3. The molecule has 4 rings (SSSR count). The number of para-hydroxylation sites is 1. The number of anilines is 1. The number of amides is 1. The molecule has 5 nitrogen and oxygen atoms in total. The van der Waals surface area contributed by atoms with Gasteiger partial charge in [0.2, 0.25) is 0 Å². The first-order valence-electron chi connectivity index (χ1n) is 9.63. The molecule has 0 bridgehead atoms. The summed E-state index contributed by atoms with van der Waals surface area (Å²) in [5.74, 6) is -0.130. The van der Waals surface area contributed by atoms with E-state index in [1.54, 1.807) is 23.0 Å². The molecule has 1 N–H and O–H groups in total. The van der Waals surface area contributed by atoms with Gasteiger partial charge in [0.25, 0.3) is 5.91 Å². The van der Waals surface area contributed by atoms with Crippen LogP contribution in [0.4, 0.5) is 5.69 Å². The quantitative estimate of drug-likeness (QED) is 0.525. The summed E-state index contributed by atoms with van der Waals surface area (Å²) in [5, 5.41) is 11.3. The van der Waals surface area contributed by atoms with E-state index in [-0.39, 0.29) is 5.91 Å². The predicted octanol–water partition coefficient (Wildman–Crippen LogP) is 5.06. The van der Waals surface area contributed by atoms with Gasteiger partial charge >= 0.3 is 0 Å². The van der Waals surface area contributed by atoms with Crippen LogP contribution in [0.2, 0.25) is 0 Å². The van der Waals surface area contributed by atoms with Gasteiger partial charge in [-0.1, -0.05) is 60.2 Å². The van der Waals surface area contributed by atoms with Gasteiger partial charge in [-0.05, 0) is 49.2 Å². The first-order chi connectivity index (χ1) is 14.2. The fraction of sp³-hybridized carbons (Fsp3) is 0.125. The number of hydrogen-bond donors (Lipinski definition) is 1. The van der Waals surface area contributed by atoms with Crippen LogP contribution >= 0.6 is 0 Å². The molecule has 0 aliphatic carbocycles. The molecule has 1 aromatic heterocycles. The molecule has 3 aromatic carbocycles. The molecule has 0 spiro atoms. The van der Waals surface area contributed by atoms with E-state index >= 15 is 0 Å². The number of nitrogens with zero attached hydrogens (tertiary/aromatic N) is 3. The van der Waals surface area contributed by atoms with Gasteiger partial charge in [0.1, 0.15) is 0 Å². The maximum atomic E-state index is 12.7. The Kier molecular flexibility index (Phi) is 5.20. The molecule has 0 saturated heterocycles. The number of nitrogens with one attached hydrogen (secondary N) is 1. The van der Waals surface area contributed by atoms with Crippen molar-refractivity contribution >= 4 is 11.6 Å². The average molecular weight is 382 g/mol. The van der Waals surface area contributed by atoms with Gasteiger partial charge in [0, 0.05) is 16.8 Å². The molecule has 0 unspecified atom stereocenters. The third-order valence-electron chi connectivity index (χ3n) is 4.92. The zero-order chi connectivity index (χ0) is 20.2. The van der Waals surface area contributed by atoms with E-state index in [1.165, 1.54) is 5.56 Å². The molecule has 0 aliphatic rings. The van der Waals surface area contributed by atoms with E-state index in [4.69, 9.17) is 0 Å². The second kappa shape index (κ2) is 8.10. The average Bonchev–Trinajstić information content (AvgIpc) is 3.24. The predicted molar refractivity (Wildman–Crippen MR) is 115 cm³/mol. The lowest BCUT2D eigenvalue weighted by Gasteiger charge is -2.11. The zero-order valence-electron chi connectivity index (χ0n) is 16.5. The molecule has 0 fully saturated rings. The summed E-state index contributed by atoms with van der Waals surface area (Å²) >= 11 is 0. The lowest BCUT2D eigenvalue weighted by atomic mass is 10.1. The highest BCUT2D eigenvalue weighted by Gasteiger charge is 2.11. The van der Waals surface area contributed by atoms with Crippen LogP contribution in [0, 0.1) is 6.92 Å². The fourth-order valence-corrected chi connectivity index (χ4v) is 3.25. The first kappa shape index (κ1) is 18.6. The topological polar surface area (TPSA) is 59.8 Å². The van der Waals surface area contributed by atoms with Crippen LogP contribution in [-0.4, -0.2) is 20.9 Å². The van der Waals surface area contributed by atoms with Crippen molar-refractivity contribution in [1.29, 1.82) is 0 Å². The highest BCUT2D eigenvalue weighted by molar-refractivity contribution is 6.04. The zero-order valence-corrected chi connectivity index (χ0v) is 16.5. The van der Waals surface area contributed by atoms with Crippen LogP contribution in [0.5, 0.6) is 0 Å². The van der Waals surface area contributed by atoms with Crippen molar-refractivity contribution in [2.75, 3.05) is 5.32 Å². The van der Waals surface area contributed by atoms with E-state index in [9.17, 15) is 4.79 Å². The number of aryl methyl sites for hydroxylation is 2. The molecule has 0 aliphatic heterocycles. The van der Waals surface area contributed by atoms with Crippen LogP contribution < -0.4 is 5.32 Å². The summed E-state index contributed by atoms with van der Waals surface area (Å²) in [6, 6.07) is 23.5. The van der Waals surface area contributed by atoms with Gasteiger partial charge in [0.05, 0.1) is 17.6 Å². The highest BCUT2D eigenvalue weighted by Crippen LogP contribution is 2.22. The largest absolute Gasteiger partial charge is 0.322 e. The van der Waals surface area contributed by atoms with Crippen molar-refractivity contribution < 1.29 is 4.79 Å². The second-order valence-electron chi connectivity index (χ2n) is 6.91. The Balaban J connectivity index is 1.57. The minimum absolute atomic E-state index is 0.130. The van der Waals surface area contributed by atoms with Gasteiger partial charge in [-0.15, -0.1) is 5.10 Å². The first-order valence-corrected chi connectivity index (χ1v) is 9.63. The minimum atomic E-state index is -0.130. The monoisotopic (exact) mass is 382 g/mol. The maximum Gasteiger partial charge on any atom is 0.255 e. The number of hydrogen-bond acceptors (Lipinski definition) is 3. The third kappa shape index (κ3) is 3.94. The molecule has 4 aromatic rings. The van der Waals surface area contributed by atoms with E-state index in [1.807, 2.05) is 36.4 Å². The van der Waals surface area contributed by atoms with Gasteiger partial charge in [0.15, 0.2) is 0 Å². The Bertz CT molecular complexity index is 1130. The highest BCUT2D eigenvalue weighted by atomic mass is 16.1. The Labute approximate surface area is 170 Å². The van der Waals surface area contributed by atoms with Crippen molar-refractivity contribution in [2.45, 2.75) is 20.3 Å². The standard InChI is InChI=1S/C24H22N4O/c1-3-18-6-4-5-7-22(18)26-24(29)20-12-14-21(15-13-20)28-23(16-25-27-28)19-10-8-17(2)9-11-19/h4-16H,3H2,1-2H3,(H,26,29). The Morgan fingerprint density at radius 1 is 0.966 bits per heavy atom. The van der Waals surface area contributed by atoms with Crippen LogP contribution in [0.3, 0.4) is 0 Å². The summed E-state index contributed by atoms with van der Waals surface area (Å²) in [5.41, 5.74) is 6.55. The van der Waals surface area contributed by atoms with Crippen molar-refractivity contribution in [3.8, 4) is 16.9 Å². The smallest absolute Gasteiger partial charge is 0.255 e. The number of carbonyl (C=O) groups is 1. The second-order valence-corrected chi connectivity index (χ2v) is 6.91. The van der Waals surface area contributed by atoms with Crippen LogP contribution in [0.15, 0.2) is 79.0 Å². The Morgan fingerprint density at radius 3 is 2.41 bits per heavy atom. The molecule has 5 heteroatoms. The van der Waals surface area contributed by atoms with E-state index in [0.29, 0.717) is 5.56 Å². The van der Waals surface area contributed by atoms with Gasteiger partial charge in [-0.3, -0.25) is 4.79 Å². The summed E-state index contributed by atoms with van der Waals surface area (Å²) in [4.78, 5) is 12.7. The lowest BCUT2D eigenvalue weighted by molar-refractivity contribution is 0.102. The molecule has 0 atom stereocenters. The van der Waals surface area contributed by atoms with Gasteiger partial charge < -0.3 is 5.32 Å². The Morgan fingerprint density at radius 2 is 1.69 bits per heavy atom. The summed E-state index contributed by atoms with van der Waals surface area (Å²) < 4.78 is 1.78. The van der Waals surface area contributed by atoms with Crippen molar-refractivity contribution in [3.63, 3.8) is 0 Å². The number of rotatable bonds is 5. The SMILES string of the molecule is CCc1ccccc1NC(=O)c1ccc(-n2nncc2-c2ccc(C)cc2)cc1. The molecule has 0 saturated carbocycles. The minimum Gasteiger partial charge on any atom is -0.322 e. The van der Waals surface area contributed by atoms with Crippen molar-refractivity contribution in [2.24, 2.45) is 0 Å².